The summed E-state index contributed by atoms with van der Waals surface area (Å²) in [6, 6.07) is 0. The van der Waals surface area contributed by atoms with Crippen molar-refractivity contribution in [3.05, 3.63) is 0 Å². The van der Waals surface area contributed by atoms with Crippen molar-refractivity contribution in [3.63, 3.8) is 0 Å². The minimum absolute atomic E-state index is 9.90. The van der Waals surface area contributed by atoms with Crippen LogP contribution in [0.4, 0.5) is 19.9 Å². The fraction of sp³-hybridized carbons (Fsp3) is 0. The van der Waals surface area contributed by atoms with Crippen LogP contribution in [0.5, 0.6) is 0 Å². The Morgan fingerprint density at radius 2 is 0.571 bits per heavy atom. The van der Waals surface area contributed by atoms with E-state index in [4.69, 9.17) is 0 Å². The van der Waals surface area contributed by atoms with Gasteiger partial charge >= 0.3 is 35.3 Å². The van der Waals surface area contributed by atoms with E-state index in [1.807, 2.05) is 0 Å². The molecule has 0 aliphatic heterocycles. The summed E-state index contributed by atoms with van der Waals surface area (Å²) in [5, 5.41) is 0. The average Bonchev–Trinajstić information content (AvgIpc) is 0.592. The van der Waals surface area contributed by atoms with Crippen LogP contribution in [0, 0.1) is 0 Å². The van der Waals surface area contributed by atoms with Crippen LogP contribution in [-0.4, -0.2) is 0 Å². The molecule has 0 saturated carbocycles. The van der Waals surface area contributed by atoms with Gasteiger partial charge in [0.15, 0.2) is 0 Å². The summed E-state index contributed by atoms with van der Waals surface area (Å²) < 4.78 is 59.4. The van der Waals surface area contributed by atoms with E-state index in [0.717, 1.165) is 0 Å². The maximum atomic E-state index is 9.90. The van der Waals surface area contributed by atoms with E-state index in [0.29, 0.717) is 0 Å². The van der Waals surface area contributed by atoms with Gasteiger partial charge in [0.1, 0.15) is 0 Å². The second-order valence-electron chi connectivity index (χ2n) is 0.758. The molecule has 0 spiro atoms. The van der Waals surface area contributed by atoms with Crippen molar-refractivity contribution in [3.8, 4) is 0 Å². The first-order valence-electron chi connectivity index (χ1n) is 0.802. The van der Waals surface area contributed by atoms with E-state index < -0.39 is 15.4 Å². The molecule has 52 valence electrons. The third-order valence-electron chi connectivity index (χ3n) is 0. The van der Waals surface area contributed by atoms with Crippen LogP contribution in [-0.2, 0) is 15.4 Å². The summed E-state index contributed by atoms with van der Waals surface area (Å²) in [6.07, 6.45) is 0. The van der Waals surface area contributed by atoms with E-state index in [9.17, 15) is 19.9 Å². The Kier molecular flexibility index (Phi) is 0.748. The number of hydrogen-bond acceptors (Lipinski definition) is 0. The summed E-state index contributed by atoms with van der Waals surface area (Å²) in [4.78, 5) is 0. The number of hydrogen-bond donors (Lipinski definition) is 0. The third kappa shape index (κ3) is 2650. The Morgan fingerprint density at radius 3 is 0.571 bits per heavy atom. The first-order valence-corrected chi connectivity index (χ1v) is 4.74. The number of rotatable bonds is 0. The van der Waals surface area contributed by atoms with Gasteiger partial charge in [-0.05, 0) is 0 Å². The molecule has 7 heteroatoms. The predicted octanol–water partition coefficient (Wildman–Crippen LogP) is 2.52. The fourth-order valence-corrected chi connectivity index (χ4v) is 0. The summed E-state index contributed by atoms with van der Waals surface area (Å²) in [5.41, 5.74) is 0. The second-order valence-corrected chi connectivity index (χ2v) is 4.48. The molecule has 0 N–H and O–H groups in total. The van der Waals surface area contributed by atoms with Crippen LogP contribution < -0.4 is 0 Å². The summed E-state index contributed by atoms with van der Waals surface area (Å²) in [7, 11) is 0. The average molecular weight is 215 g/mol. The SMILES string of the molecule is [F][Ru-2]([F])([F])([F])([F])[F]. The quantitative estimate of drug-likeness (QED) is 0.430. The fourth-order valence-electron chi connectivity index (χ4n) is 0. The molecule has 0 saturated heterocycles. The second kappa shape index (κ2) is 0.727. The molecule has 0 aromatic heterocycles. The van der Waals surface area contributed by atoms with Gasteiger partial charge in [0, 0.05) is 0 Å². The van der Waals surface area contributed by atoms with E-state index in [1.165, 1.54) is 0 Å². The van der Waals surface area contributed by atoms with Crippen molar-refractivity contribution in [2.45, 2.75) is 0 Å². The molecule has 0 nitrogen and oxygen atoms in total. The van der Waals surface area contributed by atoms with Crippen LogP contribution >= 0.6 is 0 Å². The first-order chi connectivity index (χ1) is 2.45. The van der Waals surface area contributed by atoms with Crippen molar-refractivity contribution in [2.24, 2.45) is 0 Å². The topological polar surface area (TPSA) is 0 Å². The molecular formula is F6Ru-2. The molecule has 0 radical (unpaired) electrons. The van der Waals surface area contributed by atoms with Crippen molar-refractivity contribution in [1.29, 1.82) is 0 Å². The van der Waals surface area contributed by atoms with Gasteiger partial charge in [0.2, 0.25) is 0 Å². The van der Waals surface area contributed by atoms with Gasteiger partial charge in [-0.15, -0.1) is 0 Å². The Labute approximate surface area is 36.2 Å². The molecule has 0 fully saturated rings. The van der Waals surface area contributed by atoms with E-state index in [-0.39, 0.29) is 0 Å². The van der Waals surface area contributed by atoms with Crippen molar-refractivity contribution < 1.29 is 35.3 Å². The van der Waals surface area contributed by atoms with Crippen molar-refractivity contribution in [2.75, 3.05) is 0 Å². The zero-order chi connectivity index (χ0) is 6.41. The molecular weight excluding hydrogens is 215 g/mol. The third-order valence-corrected chi connectivity index (χ3v) is 0. The van der Waals surface area contributed by atoms with Crippen LogP contribution in [0.2, 0.25) is 0 Å². The Balaban J connectivity index is 4.43. The van der Waals surface area contributed by atoms with Gasteiger partial charge in [-0.1, -0.05) is 0 Å². The Morgan fingerprint density at radius 1 is 0.571 bits per heavy atom. The standard InChI is InChI=1S/6FH.Ru/h6*1H;/q;;;;;;+4/p-6. The van der Waals surface area contributed by atoms with Gasteiger partial charge < -0.3 is 0 Å². The molecule has 0 atom stereocenters. The summed E-state index contributed by atoms with van der Waals surface area (Å²) in [6.45, 7) is 0. The van der Waals surface area contributed by atoms with Crippen LogP contribution in [0.15, 0.2) is 0 Å². The molecule has 7 heavy (non-hydrogen) atoms. The zero-order valence-corrected chi connectivity index (χ0v) is 4.36. The Bertz CT molecular complexity index is 62.7. The normalized spacial score (nSPS) is 23.1. The van der Waals surface area contributed by atoms with Gasteiger partial charge in [-0.3, -0.25) is 0 Å². The van der Waals surface area contributed by atoms with Gasteiger partial charge in [-0.2, -0.15) is 0 Å². The van der Waals surface area contributed by atoms with Gasteiger partial charge in [0.05, 0.1) is 0 Å². The molecule has 0 bridgehead atoms. The van der Waals surface area contributed by atoms with Gasteiger partial charge in [0.25, 0.3) is 0 Å². The first kappa shape index (κ1) is 7.20. The zero-order valence-electron chi connectivity index (χ0n) is 2.62. The molecule has 0 aliphatic carbocycles. The van der Waals surface area contributed by atoms with E-state index in [2.05, 4.69) is 0 Å². The van der Waals surface area contributed by atoms with Gasteiger partial charge in [-0.25, -0.2) is 0 Å². The molecule has 0 unspecified atom stereocenters. The molecule has 0 aromatic rings. The Hall–Kier alpha value is 0.203. The molecule has 0 aromatic carbocycles. The van der Waals surface area contributed by atoms with Crippen LogP contribution in [0.3, 0.4) is 0 Å². The minimum atomic E-state index is -11.0. The van der Waals surface area contributed by atoms with E-state index >= 15 is 0 Å². The van der Waals surface area contributed by atoms with Crippen molar-refractivity contribution >= 4 is 0 Å². The number of halogens is 6. The van der Waals surface area contributed by atoms with Crippen molar-refractivity contribution in [1.82, 2.24) is 0 Å². The van der Waals surface area contributed by atoms with E-state index in [1.54, 1.807) is 0 Å². The molecule has 0 heterocycles. The monoisotopic (exact) mass is 216 g/mol. The maximum absolute atomic E-state index is 11.0. The summed E-state index contributed by atoms with van der Waals surface area (Å²) in [5.74, 6) is 0. The molecule has 0 rings (SSSR count). The summed E-state index contributed by atoms with van der Waals surface area (Å²) >= 11 is -11.0. The molecule has 0 aliphatic rings. The molecule has 0 amide bonds. The predicted molar refractivity (Wildman–Crippen MR) is 6.65 cm³/mol. The van der Waals surface area contributed by atoms with Crippen LogP contribution in [0.1, 0.15) is 0 Å². The van der Waals surface area contributed by atoms with Crippen LogP contribution in [0.25, 0.3) is 0 Å².